The summed E-state index contributed by atoms with van der Waals surface area (Å²) in [6, 6.07) is 10.1. The van der Waals surface area contributed by atoms with Gasteiger partial charge in [0.25, 0.3) is 0 Å². The molecule has 0 radical (unpaired) electrons. The molecule has 0 saturated carbocycles. The molecular weight excluding hydrogens is 364 g/mol. The smallest absolute Gasteiger partial charge is 0.225 e. The van der Waals surface area contributed by atoms with E-state index < -0.39 is 10.0 Å². The van der Waals surface area contributed by atoms with Crippen molar-refractivity contribution in [3.8, 4) is 0 Å². The van der Waals surface area contributed by atoms with Crippen LogP contribution in [0.5, 0.6) is 0 Å². The van der Waals surface area contributed by atoms with E-state index in [0.717, 1.165) is 25.9 Å². The second-order valence-electron chi connectivity index (χ2n) is 7.73. The zero-order valence-corrected chi connectivity index (χ0v) is 16.9. The second-order valence-corrected chi connectivity index (χ2v) is 9.71. The van der Waals surface area contributed by atoms with Crippen molar-refractivity contribution in [2.45, 2.75) is 32.3 Å². The van der Waals surface area contributed by atoms with Crippen molar-refractivity contribution >= 4 is 15.9 Å². The van der Waals surface area contributed by atoms with Gasteiger partial charge < -0.3 is 9.64 Å². The Kier molecular flexibility index (Phi) is 6.89. The molecule has 1 atom stereocenters. The molecule has 2 fully saturated rings. The highest BCUT2D eigenvalue weighted by atomic mass is 32.2. The first kappa shape index (κ1) is 20.3. The molecule has 2 heterocycles. The van der Waals surface area contributed by atoms with Crippen molar-refractivity contribution in [3.63, 3.8) is 0 Å². The Morgan fingerprint density at radius 3 is 2.48 bits per heavy atom. The summed E-state index contributed by atoms with van der Waals surface area (Å²) in [6.45, 7) is 3.74. The van der Waals surface area contributed by atoms with Crippen molar-refractivity contribution < 1.29 is 17.9 Å². The van der Waals surface area contributed by atoms with E-state index in [1.165, 1.54) is 16.1 Å². The number of benzene rings is 1. The molecule has 150 valence electrons. The van der Waals surface area contributed by atoms with Gasteiger partial charge in [-0.25, -0.2) is 12.7 Å². The van der Waals surface area contributed by atoms with Crippen molar-refractivity contribution in [1.29, 1.82) is 0 Å². The van der Waals surface area contributed by atoms with Crippen LogP contribution in [0.4, 0.5) is 0 Å². The van der Waals surface area contributed by atoms with Crippen LogP contribution in [0, 0.1) is 11.8 Å². The monoisotopic (exact) mass is 394 g/mol. The van der Waals surface area contributed by atoms with Gasteiger partial charge in [-0.3, -0.25) is 4.79 Å². The van der Waals surface area contributed by atoms with E-state index in [-0.39, 0.29) is 11.8 Å². The van der Waals surface area contributed by atoms with Crippen LogP contribution in [-0.2, 0) is 26.2 Å². The molecule has 1 unspecified atom stereocenters. The Morgan fingerprint density at radius 2 is 1.81 bits per heavy atom. The zero-order chi connectivity index (χ0) is 19.3. The molecule has 0 bridgehead atoms. The summed E-state index contributed by atoms with van der Waals surface area (Å²) in [5.41, 5.74) is 1.17. The first-order valence-corrected chi connectivity index (χ1v) is 11.6. The van der Waals surface area contributed by atoms with Crippen LogP contribution in [0.3, 0.4) is 0 Å². The van der Waals surface area contributed by atoms with Crippen molar-refractivity contribution in [2.75, 3.05) is 39.0 Å². The average Bonchev–Trinajstić information content (AvgIpc) is 2.68. The third kappa shape index (κ3) is 5.77. The fourth-order valence-electron chi connectivity index (χ4n) is 4.01. The van der Waals surface area contributed by atoms with Gasteiger partial charge in [-0.1, -0.05) is 30.3 Å². The van der Waals surface area contributed by atoms with E-state index in [0.29, 0.717) is 45.1 Å². The van der Waals surface area contributed by atoms with Crippen LogP contribution in [0.25, 0.3) is 0 Å². The minimum Gasteiger partial charge on any atom is -0.376 e. The molecule has 1 aromatic rings. The Balaban J connectivity index is 1.44. The number of hydrogen-bond acceptors (Lipinski definition) is 4. The number of sulfonamides is 1. The van der Waals surface area contributed by atoms with Gasteiger partial charge >= 0.3 is 0 Å². The Hall–Kier alpha value is -1.44. The summed E-state index contributed by atoms with van der Waals surface area (Å²) < 4.78 is 30.6. The van der Waals surface area contributed by atoms with Gasteiger partial charge in [0.05, 0.1) is 19.5 Å². The van der Waals surface area contributed by atoms with Gasteiger partial charge in [0, 0.05) is 32.1 Å². The predicted molar refractivity (Wildman–Crippen MR) is 105 cm³/mol. The number of likely N-dealkylation sites (tertiary alicyclic amines) is 1. The van der Waals surface area contributed by atoms with E-state index in [9.17, 15) is 13.2 Å². The topological polar surface area (TPSA) is 66.9 Å². The van der Waals surface area contributed by atoms with Gasteiger partial charge in [-0.05, 0) is 37.2 Å². The minimum absolute atomic E-state index is 0.0491. The average molecular weight is 395 g/mol. The van der Waals surface area contributed by atoms with Crippen LogP contribution in [-0.4, -0.2) is 62.6 Å². The van der Waals surface area contributed by atoms with Crippen LogP contribution < -0.4 is 0 Å². The molecule has 3 rings (SSSR count). The fraction of sp³-hybridized carbons (Fsp3) is 0.650. The molecule has 0 aromatic heterocycles. The summed E-state index contributed by atoms with van der Waals surface area (Å²) in [7, 11) is -3.15. The summed E-state index contributed by atoms with van der Waals surface area (Å²) >= 11 is 0. The number of carbonyl (C=O) groups excluding carboxylic acids is 1. The Morgan fingerprint density at radius 1 is 1.11 bits per heavy atom. The lowest BCUT2D eigenvalue weighted by Gasteiger charge is -2.37. The molecule has 0 N–H and O–H groups in total. The zero-order valence-electron chi connectivity index (χ0n) is 16.0. The number of ether oxygens (including phenoxy) is 1. The third-order valence-electron chi connectivity index (χ3n) is 5.57. The Bertz CT molecular complexity index is 715. The normalized spacial score (nSPS) is 22.7. The molecule has 0 spiro atoms. The lowest BCUT2D eigenvalue weighted by Crippen LogP contribution is -2.47. The molecule has 1 aromatic carbocycles. The van der Waals surface area contributed by atoms with E-state index in [1.807, 2.05) is 23.1 Å². The molecule has 0 aliphatic carbocycles. The number of rotatable bonds is 6. The number of amides is 1. The molecule has 2 aliphatic heterocycles. The molecule has 2 saturated heterocycles. The van der Waals surface area contributed by atoms with Crippen molar-refractivity contribution in [1.82, 2.24) is 9.21 Å². The quantitative estimate of drug-likeness (QED) is 0.741. The molecule has 7 heteroatoms. The first-order chi connectivity index (χ1) is 12.9. The summed E-state index contributed by atoms with van der Waals surface area (Å²) in [6.07, 6.45) is 4.58. The van der Waals surface area contributed by atoms with Crippen LogP contribution in [0.1, 0.15) is 31.2 Å². The molecule has 1 amide bonds. The van der Waals surface area contributed by atoms with E-state index in [1.54, 1.807) is 0 Å². The van der Waals surface area contributed by atoms with Gasteiger partial charge in [0.2, 0.25) is 15.9 Å². The maximum atomic E-state index is 12.9. The number of carbonyl (C=O) groups is 1. The minimum atomic E-state index is -3.15. The molecule has 6 nitrogen and oxygen atoms in total. The number of nitrogens with zero attached hydrogens (tertiary/aromatic N) is 2. The fourth-order valence-corrected chi connectivity index (χ4v) is 4.89. The SMILES string of the molecule is CS(=O)(=O)N1CCC(C(=O)N2CCCC(COCc3ccccc3)C2)CC1. The van der Waals surface area contributed by atoms with Crippen LogP contribution in [0.15, 0.2) is 30.3 Å². The summed E-state index contributed by atoms with van der Waals surface area (Å²) in [5, 5.41) is 0. The van der Waals surface area contributed by atoms with E-state index in [4.69, 9.17) is 4.74 Å². The lowest BCUT2D eigenvalue weighted by molar-refractivity contribution is -0.139. The lowest BCUT2D eigenvalue weighted by atomic mass is 9.93. The highest BCUT2D eigenvalue weighted by molar-refractivity contribution is 7.88. The first-order valence-electron chi connectivity index (χ1n) is 9.79. The molecule has 2 aliphatic rings. The highest BCUT2D eigenvalue weighted by Gasteiger charge is 2.33. The highest BCUT2D eigenvalue weighted by Crippen LogP contribution is 2.25. The van der Waals surface area contributed by atoms with E-state index in [2.05, 4.69) is 12.1 Å². The second kappa shape index (κ2) is 9.17. The van der Waals surface area contributed by atoms with Crippen molar-refractivity contribution in [2.24, 2.45) is 11.8 Å². The molecular formula is C20H30N2O4S. The predicted octanol–water partition coefficient (Wildman–Crippen LogP) is 2.11. The van der Waals surface area contributed by atoms with Gasteiger partial charge in [-0.2, -0.15) is 0 Å². The third-order valence-corrected chi connectivity index (χ3v) is 6.87. The van der Waals surface area contributed by atoms with Crippen molar-refractivity contribution in [3.05, 3.63) is 35.9 Å². The molecule has 27 heavy (non-hydrogen) atoms. The number of piperidine rings is 2. The summed E-state index contributed by atoms with van der Waals surface area (Å²) in [4.78, 5) is 14.8. The van der Waals surface area contributed by atoms with Gasteiger partial charge in [0.1, 0.15) is 0 Å². The van der Waals surface area contributed by atoms with Gasteiger partial charge in [0.15, 0.2) is 0 Å². The summed E-state index contributed by atoms with van der Waals surface area (Å²) in [5.74, 6) is 0.519. The maximum Gasteiger partial charge on any atom is 0.225 e. The van der Waals surface area contributed by atoms with E-state index >= 15 is 0 Å². The Labute approximate surface area is 162 Å². The van der Waals surface area contributed by atoms with Crippen LogP contribution >= 0.6 is 0 Å². The standard InChI is InChI=1S/C20H30N2O4S/c1-27(24,25)22-12-9-19(10-13-22)20(23)21-11-5-8-18(14-21)16-26-15-17-6-3-2-4-7-17/h2-4,6-7,18-19H,5,8-16H2,1H3. The number of hydrogen-bond donors (Lipinski definition) is 0. The van der Waals surface area contributed by atoms with Gasteiger partial charge in [-0.15, -0.1) is 0 Å². The maximum absolute atomic E-state index is 12.9. The van der Waals surface area contributed by atoms with Crippen LogP contribution in [0.2, 0.25) is 0 Å². The largest absolute Gasteiger partial charge is 0.376 e.